The predicted molar refractivity (Wildman–Crippen MR) is 142 cm³/mol. The van der Waals surface area contributed by atoms with Gasteiger partial charge in [-0.1, -0.05) is 80.6 Å². The maximum absolute atomic E-state index is 2.37. The van der Waals surface area contributed by atoms with Crippen LogP contribution >= 0.6 is 0 Å². The van der Waals surface area contributed by atoms with Crippen LogP contribution in [0.2, 0.25) is 0 Å². The van der Waals surface area contributed by atoms with Gasteiger partial charge in [-0.2, -0.15) is 4.58 Å². The van der Waals surface area contributed by atoms with Gasteiger partial charge in [0.2, 0.25) is 5.69 Å². The van der Waals surface area contributed by atoms with E-state index in [1.165, 1.54) is 44.7 Å². The van der Waals surface area contributed by atoms with E-state index < -0.39 is 0 Å². The van der Waals surface area contributed by atoms with Crippen LogP contribution in [-0.4, -0.2) is 24.4 Å². The van der Waals surface area contributed by atoms with Crippen molar-refractivity contribution in [3.63, 3.8) is 0 Å². The van der Waals surface area contributed by atoms with Crippen LogP contribution in [0, 0.1) is 0 Å². The van der Waals surface area contributed by atoms with Crippen molar-refractivity contribution in [2.24, 2.45) is 0 Å². The van der Waals surface area contributed by atoms with Gasteiger partial charge in [-0.15, -0.1) is 0 Å². The van der Waals surface area contributed by atoms with E-state index >= 15 is 0 Å². The Morgan fingerprint density at radius 2 is 1.48 bits per heavy atom. The van der Waals surface area contributed by atoms with Gasteiger partial charge in [0.15, 0.2) is 5.71 Å². The number of fused-ring (bicyclic) bond motifs is 4. The fourth-order valence-electron chi connectivity index (χ4n) is 5.78. The summed E-state index contributed by atoms with van der Waals surface area (Å²) in [5.41, 5.74) is 8.01. The summed E-state index contributed by atoms with van der Waals surface area (Å²) in [6.07, 6.45) is 11.0. The first-order valence-corrected chi connectivity index (χ1v) is 11.8. The van der Waals surface area contributed by atoms with Gasteiger partial charge >= 0.3 is 0 Å². The summed E-state index contributed by atoms with van der Waals surface area (Å²) < 4.78 is 2.37. The lowest BCUT2D eigenvalue weighted by Gasteiger charge is -2.23. The van der Waals surface area contributed by atoms with E-state index in [1.54, 1.807) is 0 Å². The largest absolute Gasteiger partial charge is 0.347 e. The summed E-state index contributed by atoms with van der Waals surface area (Å²) in [6.45, 7) is 9.25. The molecule has 0 bridgehead atoms. The highest BCUT2D eigenvalue weighted by atomic mass is 15.2. The number of rotatable bonds is 3. The third kappa shape index (κ3) is 3.20. The molecule has 2 aliphatic heterocycles. The summed E-state index contributed by atoms with van der Waals surface area (Å²) in [5.74, 6) is 0. The molecule has 0 amide bonds. The van der Waals surface area contributed by atoms with Gasteiger partial charge in [0.25, 0.3) is 0 Å². The van der Waals surface area contributed by atoms with Crippen molar-refractivity contribution in [3.8, 4) is 0 Å². The van der Waals surface area contributed by atoms with Crippen molar-refractivity contribution < 1.29 is 4.58 Å². The molecule has 0 unspecified atom stereocenters. The Balaban J connectivity index is 1.44. The van der Waals surface area contributed by atoms with Crippen molar-refractivity contribution >= 4 is 27.9 Å². The molecule has 0 fully saturated rings. The number of para-hydroxylation sites is 1. The lowest BCUT2D eigenvalue weighted by Crippen LogP contribution is -2.26. The van der Waals surface area contributed by atoms with Crippen molar-refractivity contribution in [2.75, 3.05) is 19.0 Å². The van der Waals surface area contributed by atoms with Crippen LogP contribution in [0.5, 0.6) is 0 Å². The Kier molecular flexibility index (Phi) is 4.93. The van der Waals surface area contributed by atoms with Gasteiger partial charge in [0.1, 0.15) is 7.05 Å². The second-order valence-electron chi connectivity index (χ2n) is 10.2. The van der Waals surface area contributed by atoms with Crippen LogP contribution in [-0.2, 0) is 10.8 Å². The zero-order chi connectivity index (χ0) is 23.4. The van der Waals surface area contributed by atoms with Crippen molar-refractivity contribution in [3.05, 3.63) is 108 Å². The van der Waals surface area contributed by atoms with Crippen LogP contribution in [0.25, 0.3) is 10.8 Å². The molecule has 0 aliphatic carbocycles. The number of likely N-dealkylation sites (N-methyl/N-ethyl adjacent to an activating group) is 1. The molecule has 2 aliphatic rings. The van der Waals surface area contributed by atoms with Gasteiger partial charge in [0, 0.05) is 35.5 Å². The van der Waals surface area contributed by atoms with E-state index in [0.29, 0.717) is 0 Å². The molecular weight excluding hydrogens is 400 g/mol. The average Bonchev–Trinajstić information content (AvgIpc) is 3.12. The van der Waals surface area contributed by atoms with E-state index in [1.807, 2.05) is 0 Å². The van der Waals surface area contributed by atoms with E-state index in [4.69, 9.17) is 0 Å². The highest BCUT2D eigenvalue weighted by molar-refractivity contribution is 6.07. The minimum atomic E-state index is -0.0355. The third-order valence-electron chi connectivity index (χ3n) is 7.58. The monoisotopic (exact) mass is 433 g/mol. The second kappa shape index (κ2) is 7.59. The number of benzene rings is 3. The molecule has 0 saturated carbocycles. The molecule has 3 aromatic carbocycles. The Hall–Kier alpha value is -3.39. The average molecular weight is 434 g/mol. The Morgan fingerprint density at radius 1 is 0.758 bits per heavy atom. The van der Waals surface area contributed by atoms with Crippen molar-refractivity contribution in [2.45, 2.75) is 38.5 Å². The van der Waals surface area contributed by atoms with E-state index in [-0.39, 0.29) is 10.8 Å². The molecule has 0 radical (unpaired) electrons. The van der Waals surface area contributed by atoms with Gasteiger partial charge in [0.05, 0.1) is 10.8 Å². The molecule has 5 rings (SSSR count). The Bertz CT molecular complexity index is 1380. The molecule has 3 aromatic rings. The van der Waals surface area contributed by atoms with Gasteiger partial charge in [-0.25, -0.2) is 0 Å². The molecule has 33 heavy (non-hydrogen) atoms. The van der Waals surface area contributed by atoms with Gasteiger partial charge in [-0.3, -0.25) is 0 Å². The van der Waals surface area contributed by atoms with E-state index in [2.05, 4.69) is 142 Å². The summed E-state index contributed by atoms with van der Waals surface area (Å²) in [7, 11) is 4.36. The summed E-state index contributed by atoms with van der Waals surface area (Å²) in [5, 5.41) is 2.61. The maximum Gasteiger partial charge on any atom is 0.217 e. The Labute approximate surface area is 197 Å². The van der Waals surface area contributed by atoms with Crippen molar-refractivity contribution in [1.29, 1.82) is 0 Å². The highest BCUT2D eigenvalue weighted by Crippen LogP contribution is 2.46. The number of hydrogen-bond acceptors (Lipinski definition) is 1. The first kappa shape index (κ1) is 21.5. The quantitative estimate of drug-likeness (QED) is 0.311. The molecule has 2 heterocycles. The van der Waals surface area contributed by atoms with Gasteiger partial charge < -0.3 is 4.90 Å². The first-order chi connectivity index (χ1) is 15.7. The number of hydrogen-bond donors (Lipinski definition) is 0. The molecule has 0 spiro atoms. The van der Waals surface area contributed by atoms with Crippen LogP contribution in [0.3, 0.4) is 0 Å². The predicted octanol–water partition coefficient (Wildman–Crippen LogP) is 7.27. The zero-order valence-electron chi connectivity index (χ0n) is 20.6. The molecule has 166 valence electrons. The molecule has 0 saturated heterocycles. The summed E-state index contributed by atoms with van der Waals surface area (Å²) in [6, 6.07) is 21.9. The van der Waals surface area contributed by atoms with Crippen molar-refractivity contribution in [1.82, 2.24) is 0 Å². The lowest BCUT2D eigenvalue weighted by molar-refractivity contribution is -0.399. The highest BCUT2D eigenvalue weighted by Gasteiger charge is 2.43. The lowest BCUT2D eigenvalue weighted by atomic mass is 9.80. The number of anilines is 1. The molecule has 0 aromatic heterocycles. The fraction of sp³-hybridized carbons (Fsp3) is 0.258. The smallest absolute Gasteiger partial charge is 0.217 e. The topological polar surface area (TPSA) is 6.25 Å². The maximum atomic E-state index is 2.37. The minimum absolute atomic E-state index is 0.00447. The van der Waals surface area contributed by atoms with Gasteiger partial charge in [-0.05, 0) is 43.0 Å². The number of allylic oxidation sites excluding steroid dienone is 6. The third-order valence-corrected chi connectivity index (χ3v) is 7.58. The Morgan fingerprint density at radius 3 is 2.27 bits per heavy atom. The SMILES string of the molecule is CN1C(=CC=CC=CC2=[N+](C)c3c(ccc4ccccc34)C2(C)C)C(C)(C)c2ccccc21. The summed E-state index contributed by atoms with van der Waals surface area (Å²) in [4.78, 5) is 2.31. The number of nitrogens with zero attached hydrogens (tertiary/aromatic N) is 2. The standard InChI is InChI=1S/C31H33N2/c1-30(2)24-16-12-13-17-26(24)32(5)27(30)18-8-7-9-19-28-31(3,4)25-21-20-22-14-10-11-15-23(22)29(25)33(28)6/h7-21H,1-6H3/q+1. The molecule has 0 N–H and O–H groups in total. The van der Waals surface area contributed by atoms with E-state index in [0.717, 1.165) is 0 Å². The fourth-order valence-corrected chi connectivity index (χ4v) is 5.78. The second-order valence-corrected chi connectivity index (χ2v) is 10.2. The zero-order valence-corrected chi connectivity index (χ0v) is 20.6. The van der Waals surface area contributed by atoms with Crippen LogP contribution < -0.4 is 4.90 Å². The van der Waals surface area contributed by atoms with E-state index in [9.17, 15) is 0 Å². The van der Waals surface area contributed by atoms with Crippen LogP contribution in [0.1, 0.15) is 38.8 Å². The minimum Gasteiger partial charge on any atom is -0.347 e. The molecule has 2 nitrogen and oxygen atoms in total. The normalized spacial score (nSPS) is 19.9. The van der Waals surface area contributed by atoms with Crippen LogP contribution in [0.4, 0.5) is 11.4 Å². The first-order valence-electron chi connectivity index (χ1n) is 11.8. The molecule has 0 atom stereocenters. The molecule has 2 heteroatoms. The molecular formula is C31H33N2+. The summed E-state index contributed by atoms with van der Waals surface area (Å²) >= 11 is 0. The van der Waals surface area contributed by atoms with Crippen LogP contribution in [0.15, 0.2) is 96.7 Å².